The average Bonchev–Trinajstić information content (AvgIpc) is 2.77. The summed E-state index contributed by atoms with van der Waals surface area (Å²) < 4.78 is 3.02. The Balaban J connectivity index is 1.73. The second kappa shape index (κ2) is 7.68. The van der Waals surface area contributed by atoms with Crippen LogP contribution in [-0.2, 0) is 24.3 Å². The fraction of sp³-hybridized carbons (Fsp3) is 0.526. The lowest BCUT2D eigenvalue weighted by Crippen LogP contribution is -2.37. The van der Waals surface area contributed by atoms with Crippen LogP contribution in [0.5, 0.6) is 0 Å². The first-order chi connectivity index (χ1) is 12.1. The van der Waals surface area contributed by atoms with E-state index in [1.54, 1.807) is 4.57 Å². The first-order valence-electron chi connectivity index (χ1n) is 9.07. The zero-order valence-electron chi connectivity index (χ0n) is 14.9. The summed E-state index contributed by atoms with van der Waals surface area (Å²) in [5.74, 6) is 0.874. The van der Waals surface area contributed by atoms with Gasteiger partial charge in [-0.25, -0.2) is 9.48 Å². The van der Waals surface area contributed by atoms with Gasteiger partial charge in [-0.1, -0.05) is 50.6 Å². The summed E-state index contributed by atoms with van der Waals surface area (Å²) in [4.78, 5) is 25.0. The molecule has 0 radical (unpaired) electrons. The van der Waals surface area contributed by atoms with E-state index >= 15 is 0 Å². The van der Waals surface area contributed by atoms with Gasteiger partial charge in [0.2, 0.25) is 5.91 Å². The highest BCUT2D eigenvalue weighted by atomic mass is 16.2. The van der Waals surface area contributed by atoms with Gasteiger partial charge in [-0.3, -0.25) is 9.36 Å². The maximum absolute atomic E-state index is 12.5. The van der Waals surface area contributed by atoms with E-state index in [4.69, 9.17) is 0 Å². The SMILES string of the molecule is CC(C)C(NC(=O)Cn1nc2n(c1=O)CCCCC2)c1ccccc1. The van der Waals surface area contributed by atoms with Crippen molar-refractivity contribution < 1.29 is 4.79 Å². The summed E-state index contributed by atoms with van der Waals surface area (Å²) in [5, 5.41) is 7.43. The Morgan fingerprint density at radius 2 is 1.96 bits per heavy atom. The highest BCUT2D eigenvalue weighted by Crippen LogP contribution is 2.21. The number of benzene rings is 1. The second-order valence-corrected chi connectivity index (χ2v) is 7.02. The molecule has 1 unspecified atom stereocenters. The Bertz CT molecular complexity index is 776. The Morgan fingerprint density at radius 1 is 1.20 bits per heavy atom. The van der Waals surface area contributed by atoms with Gasteiger partial charge in [0.15, 0.2) is 0 Å². The summed E-state index contributed by atoms with van der Waals surface area (Å²) >= 11 is 0. The van der Waals surface area contributed by atoms with Gasteiger partial charge >= 0.3 is 5.69 Å². The molecule has 1 amide bonds. The molecule has 0 fully saturated rings. The predicted molar refractivity (Wildman–Crippen MR) is 96.2 cm³/mol. The van der Waals surface area contributed by atoms with Crippen molar-refractivity contribution in [1.29, 1.82) is 0 Å². The van der Waals surface area contributed by atoms with Crippen molar-refractivity contribution >= 4 is 5.91 Å². The quantitative estimate of drug-likeness (QED) is 0.906. The molecule has 25 heavy (non-hydrogen) atoms. The van der Waals surface area contributed by atoms with Crippen molar-refractivity contribution in [1.82, 2.24) is 19.7 Å². The molecule has 1 aliphatic rings. The van der Waals surface area contributed by atoms with Crippen LogP contribution in [0.2, 0.25) is 0 Å². The smallest absolute Gasteiger partial charge is 0.346 e. The molecule has 0 aliphatic carbocycles. The highest BCUT2D eigenvalue weighted by Gasteiger charge is 2.21. The van der Waals surface area contributed by atoms with Gasteiger partial charge in [-0.05, 0) is 24.3 Å². The lowest BCUT2D eigenvalue weighted by molar-refractivity contribution is -0.123. The lowest BCUT2D eigenvalue weighted by atomic mass is 9.96. The number of carbonyl (C=O) groups is 1. The van der Waals surface area contributed by atoms with Crippen LogP contribution in [0, 0.1) is 5.92 Å². The van der Waals surface area contributed by atoms with Gasteiger partial charge in [-0.15, -0.1) is 0 Å². The Kier molecular flexibility index (Phi) is 5.36. The number of nitrogens with one attached hydrogen (secondary N) is 1. The van der Waals surface area contributed by atoms with Crippen LogP contribution in [-0.4, -0.2) is 20.3 Å². The number of aromatic nitrogens is 3. The molecule has 2 aromatic rings. The molecule has 1 atom stereocenters. The number of fused-ring (bicyclic) bond motifs is 1. The van der Waals surface area contributed by atoms with Crippen molar-refractivity contribution in [3.05, 3.63) is 52.2 Å². The maximum Gasteiger partial charge on any atom is 0.346 e. The van der Waals surface area contributed by atoms with Gasteiger partial charge in [0.1, 0.15) is 12.4 Å². The van der Waals surface area contributed by atoms with Crippen molar-refractivity contribution in [3.63, 3.8) is 0 Å². The van der Waals surface area contributed by atoms with E-state index in [-0.39, 0.29) is 30.1 Å². The van der Waals surface area contributed by atoms with Crippen LogP contribution in [0.3, 0.4) is 0 Å². The van der Waals surface area contributed by atoms with E-state index in [2.05, 4.69) is 24.3 Å². The fourth-order valence-electron chi connectivity index (χ4n) is 3.38. The Labute approximate surface area is 147 Å². The molecule has 0 saturated carbocycles. The van der Waals surface area contributed by atoms with E-state index in [0.29, 0.717) is 6.54 Å². The van der Waals surface area contributed by atoms with E-state index in [1.165, 1.54) is 4.68 Å². The molecule has 134 valence electrons. The number of hydrogen-bond donors (Lipinski definition) is 1. The monoisotopic (exact) mass is 342 g/mol. The molecule has 1 aliphatic heterocycles. The molecular formula is C19H26N4O2. The Morgan fingerprint density at radius 3 is 2.68 bits per heavy atom. The number of aryl methyl sites for hydroxylation is 1. The molecule has 6 nitrogen and oxygen atoms in total. The molecule has 0 bridgehead atoms. The number of rotatable bonds is 5. The summed E-state index contributed by atoms with van der Waals surface area (Å²) in [7, 11) is 0. The van der Waals surface area contributed by atoms with E-state index < -0.39 is 0 Å². The van der Waals surface area contributed by atoms with E-state index in [9.17, 15) is 9.59 Å². The predicted octanol–water partition coefficient (Wildman–Crippen LogP) is 2.28. The average molecular weight is 342 g/mol. The molecular weight excluding hydrogens is 316 g/mol. The topological polar surface area (TPSA) is 68.9 Å². The minimum atomic E-state index is -0.182. The molecule has 1 aromatic heterocycles. The second-order valence-electron chi connectivity index (χ2n) is 7.02. The number of hydrogen-bond acceptors (Lipinski definition) is 3. The van der Waals surface area contributed by atoms with Crippen molar-refractivity contribution in [2.75, 3.05) is 0 Å². The van der Waals surface area contributed by atoms with Crippen LogP contribution >= 0.6 is 0 Å². The van der Waals surface area contributed by atoms with Crippen LogP contribution < -0.4 is 11.0 Å². The van der Waals surface area contributed by atoms with Crippen LogP contribution in [0.1, 0.15) is 50.5 Å². The standard InChI is InChI=1S/C19H26N4O2/c1-14(2)18(15-9-5-3-6-10-15)20-17(24)13-23-19(25)22-12-8-4-7-11-16(22)21-23/h3,5-6,9-10,14,18H,4,7-8,11-13H2,1-2H3,(H,20,24). The van der Waals surface area contributed by atoms with Crippen molar-refractivity contribution in [2.24, 2.45) is 5.92 Å². The molecule has 1 N–H and O–H groups in total. The Hall–Kier alpha value is -2.37. The van der Waals surface area contributed by atoms with Crippen LogP contribution in [0.25, 0.3) is 0 Å². The zero-order chi connectivity index (χ0) is 17.8. The summed E-state index contributed by atoms with van der Waals surface area (Å²) in [5.41, 5.74) is 0.895. The summed E-state index contributed by atoms with van der Waals surface area (Å²) in [6.45, 7) is 4.81. The molecule has 6 heteroatoms. The van der Waals surface area contributed by atoms with Crippen molar-refractivity contribution in [3.8, 4) is 0 Å². The molecule has 0 saturated heterocycles. The fourth-order valence-corrected chi connectivity index (χ4v) is 3.38. The van der Waals surface area contributed by atoms with Crippen LogP contribution in [0.15, 0.2) is 35.1 Å². The third kappa shape index (κ3) is 4.00. The van der Waals surface area contributed by atoms with Gasteiger partial charge in [0.05, 0.1) is 6.04 Å². The third-order valence-electron chi connectivity index (χ3n) is 4.72. The number of carbonyl (C=O) groups excluding carboxylic acids is 1. The number of nitrogens with zero attached hydrogens (tertiary/aromatic N) is 3. The molecule has 2 heterocycles. The van der Waals surface area contributed by atoms with Gasteiger partial charge in [-0.2, -0.15) is 5.10 Å². The minimum Gasteiger partial charge on any atom is -0.347 e. The van der Waals surface area contributed by atoms with Gasteiger partial charge in [0, 0.05) is 13.0 Å². The number of amides is 1. The van der Waals surface area contributed by atoms with Gasteiger partial charge < -0.3 is 5.32 Å². The lowest BCUT2D eigenvalue weighted by Gasteiger charge is -2.22. The van der Waals surface area contributed by atoms with Crippen LogP contribution in [0.4, 0.5) is 0 Å². The third-order valence-corrected chi connectivity index (χ3v) is 4.72. The normalized spacial score (nSPS) is 15.5. The maximum atomic E-state index is 12.5. The molecule has 0 spiro atoms. The van der Waals surface area contributed by atoms with Crippen molar-refractivity contribution in [2.45, 2.75) is 58.7 Å². The molecule has 1 aromatic carbocycles. The van der Waals surface area contributed by atoms with Gasteiger partial charge in [0.25, 0.3) is 0 Å². The summed E-state index contributed by atoms with van der Waals surface area (Å²) in [6.07, 6.45) is 3.97. The summed E-state index contributed by atoms with van der Waals surface area (Å²) in [6, 6.07) is 9.83. The van der Waals surface area contributed by atoms with E-state index in [1.807, 2.05) is 30.3 Å². The largest absolute Gasteiger partial charge is 0.347 e. The first kappa shape index (κ1) is 17.5. The minimum absolute atomic E-state index is 0.0329. The van der Waals surface area contributed by atoms with E-state index in [0.717, 1.165) is 37.1 Å². The first-order valence-corrected chi connectivity index (χ1v) is 9.07. The zero-order valence-corrected chi connectivity index (χ0v) is 14.9. The molecule has 3 rings (SSSR count). The highest BCUT2D eigenvalue weighted by molar-refractivity contribution is 5.76.